The van der Waals surface area contributed by atoms with Crippen LogP contribution in [0.25, 0.3) is 0 Å². The Morgan fingerprint density at radius 3 is 2.64 bits per heavy atom. The number of fused-ring (bicyclic) bond motifs is 1. The molecule has 1 aliphatic carbocycles. The third-order valence-electron chi connectivity index (χ3n) is 5.83. The lowest BCUT2D eigenvalue weighted by molar-refractivity contribution is 0.102. The van der Waals surface area contributed by atoms with E-state index in [-0.39, 0.29) is 5.91 Å². The molecular formula is C26H28N2O4S. The topological polar surface area (TPSA) is 69.2 Å². The number of methoxy groups -OCH3 is 3. The van der Waals surface area contributed by atoms with E-state index < -0.39 is 0 Å². The molecule has 1 aliphatic rings. The van der Waals surface area contributed by atoms with E-state index in [2.05, 4.69) is 12.2 Å². The summed E-state index contributed by atoms with van der Waals surface area (Å²) in [4.78, 5) is 19.5. The van der Waals surface area contributed by atoms with Crippen LogP contribution in [0, 0.1) is 5.92 Å². The standard InChI is InChI=1S/C26H28N2O4S/c1-16-9-11-19-23(13-16)33-26(27-15-17-14-18(30-2)10-12-21(17)31-3)24(19)25(29)28-20-7-5-6-8-22(20)32-4/h5-8,10,12,14-16H,9,11,13H2,1-4H3,(H,28,29)/t16-/m1/s1. The number of aliphatic imine (C=N–C) groups is 1. The highest BCUT2D eigenvalue weighted by molar-refractivity contribution is 7.16. The van der Waals surface area contributed by atoms with Gasteiger partial charge in [0.25, 0.3) is 5.91 Å². The Morgan fingerprint density at radius 2 is 1.88 bits per heavy atom. The van der Waals surface area contributed by atoms with E-state index in [4.69, 9.17) is 19.2 Å². The Morgan fingerprint density at radius 1 is 1.09 bits per heavy atom. The third kappa shape index (κ3) is 4.88. The second-order valence-electron chi connectivity index (χ2n) is 8.05. The quantitative estimate of drug-likeness (QED) is 0.442. The lowest BCUT2D eigenvalue weighted by Gasteiger charge is -2.18. The molecule has 6 nitrogen and oxygen atoms in total. The molecule has 0 fully saturated rings. The van der Waals surface area contributed by atoms with E-state index >= 15 is 0 Å². The Bertz CT molecular complexity index is 1190. The van der Waals surface area contributed by atoms with Crippen molar-refractivity contribution in [3.05, 3.63) is 64.0 Å². The maximum atomic E-state index is 13.5. The number of nitrogens with zero attached hydrogens (tertiary/aromatic N) is 1. The van der Waals surface area contributed by atoms with Crippen LogP contribution in [0.4, 0.5) is 10.7 Å². The minimum Gasteiger partial charge on any atom is -0.497 e. The molecule has 2 aromatic carbocycles. The Hall–Kier alpha value is -3.32. The summed E-state index contributed by atoms with van der Waals surface area (Å²) in [6.07, 6.45) is 4.64. The molecule has 0 spiro atoms. The van der Waals surface area contributed by atoms with E-state index in [1.54, 1.807) is 38.9 Å². The number of carbonyl (C=O) groups is 1. The molecule has 0 radical (unpaired) electrons. The second-order valence-corrected chi connectivity index (χ2v) is 9.14. The first kappa shape index (κ1) is 22.9. The number of ether oxygens (including phenoxy) is 3. The number of benzene rings is 2. The summed E-state index contributed by atoms with van der Waals surface area (Å²) in [6.45, 7) is 2.25. The van der Waals surface area contributed by atoms with Crippen molar-refractivity contribution in [1.29, 1.82) is 0 Å². The van der Waals surface area contributed by atoms with E-state index in [0.717, 1.165) is 30.4 Å². The van der Waals surface area contributed by atoms with Crippen LogP contribution in [0.1, 0.15) is 39.7 Å². The van der Waals surface area contributed by atoms with Gasteiger partial charge in [0.2, 0.25) is 0 Å². The van der Waals surface area contributed by atoms with E-state index in [1.165, 1.54) is 4.88 Å². The highest BCUT2D eigenvalue weighted by Gasteiger charge is 2.28. The first-order valence-corrected chi connectivity index (χ1v) is 11.7. The molecule has 33 heavy (non-hydrogen) atoms. The fraction of sp³-hybridized carbons (Fsp3) is 0.308. The molecule has 0 bridgehead atoms. The van der Waals surface area contributed by atoms with Gasteiger partial charge in [-0.1, -0.05) is 19.1 Å². The maximum absolute atomic E-state index is 13.5. The number of carbonyl (C=O) groups excluding carboxylic acids is 1. The van der Waals surface area contributed by atoms with E-state index in [1.807, 2.05) is 42.5 Å². The van der Waals surface area contributed by atoms with Crippen molar-refractivity contribution in [1.82, 2.24) is 0 Å². The van der Waals surface area contributed by atoms with Gasteiger partial charge in [0.05, 0.1) is 32.6 Å². The molecule has 3 aromatic rings. The number of hydrogen-bond donors (Lipinski definition) is 1. The Labute approximate surface area is 198 Å². The predicted molar refractivity (Wildman–Crippen MR) is 133 cm³/mol. The first-order chi connectivity index (χ1) is 16.0. The van der Waals surface area contributed by atoms with Crippen molar-refractivity contribution in [2.45, 2.75) is 26.2 Å². The number of hydrogen-bond acceptors (Lipinski definition) is 6. The largest absolute Gasteiger partial charge is 0.497 e. The first-order valence-electron chi connectivity index (χ1n) is 10.9. The zero-order valence-corrected chi connectivity index (χ0v) is 20.1. The number of thiophene rings is 1. The van der Waals surface area contributed by atoms with Crippen LogP contribution in [0.5, 0.6) is 17.2 Å². The van der Waals surface area contributed by atoms with Crippen LogP contribution in [0.3, 0.4) is 0 Å². The third-order valence-corrected chi connectivity index (χ3v) is 7.00. The second kappa shape index (κ2) is 10.1. The Kier molecular flexibility index (Phi) is 6.99. The van der Waals surface area contributed by atoms with Gasteiger partial charge < -0.3 is 19.5 Å². The van der Waals surface area contributed by atoms with Crippen LogP contribution < -0.4 is 19.5 Å². The minimum atomic E-state index is -0.170. The van der Waals surface area contributed by atoms with Gasteiger partial charge in [-0.25, -0.2) is 4.99 Å². The summed E-state index contributed by atoms with van der Waals surface area (Å²) in [5.74, 6) is 2.45. The Balaban J connectivity index is 1.73. The van der Waals surface area contributed by atoms with Gasteiger partial charge in [0, 0.05) is 16.7 Å². The van der Waals surface area contributed by atoms with Crippen LogP contribution in [-0.2, 0) is 12.8 Å². The number of amides is 1. The van der Waals surface area contributed by atoms with Gasteiger partial charge in [-0.05, 0) is 61.1 Å². The fourth-order valence-electron chi connectivity index (χ4n) is 4.06. The molecule has 1 atom stereocenters. The summed E-state index contributed by atoms with van der Waals surface area (Å²) in [5, 5.41) is 3.73. The molecule has 0 saturated carbocycles. The molecule has 0 saturated heterocycles. The average molecular weight is 465 g/mol. The molecule has 1 amide bonds. The molecule has 4 rings (SSSR count). The van der Waals surface area contributed by atoms with Gasteiger partial charge in [-0.3, -0.25) is 4.79 Å². The van der Waals surface area contributed by atoms with Crippen molar-refractivity contribution in [3.63, 3.8) is 0 Å². The summed E-state index contributed by atoms with van der Waals surface area (Å²) in [7, 11) is 4.84. The number of rotatable bonds is 7. The zero-order valence-electron chi connectivity index (χ0n) is 19.3. The summed E-state index contributed by atoms with van der Waals surface area (Å²) < 4.78 is 16.2. The van der Waals surface area contributed by atoms with Crippen LogP contribution in [-0.4, -0.2) is 33.5 Å². The molecule has 1 N–H and O–H groups in total. The number of anilines is 1. The van der Waals surface area contributed by atoms with Gasteiger partial charge in [-0.15, -0.1) is 11.3 Å². The van der Waals surface area contributed by atoms with Gasteiger partial charge >= 0.3 is 0 Å². The molecule has 0 unspecified atom stereocenters. The SMILES string of the molecule is COc1ccc(OC)c(C=Nc2sc3c(c2C(=O)Nc2ccccc2OC)CC[C@@H](C)C3)c1. The lowest BCUT2D eigenvalue weighted by Crippen LogP contribution is -2.17. The van der Waals surface area contributed by atoms with Crippen molar-refractivity contribution in [2.24, 2.45) is 10.9 Å². The van der Waals surface area contributed by atoms with Crippen LogP contribution in [0.15, 0.2) is 47.5 Å². The fourth-order valence-corrected chi connectivity index (χ4v) is 5.41. The van der Waals surface area contributed by atoms with Gasteiger partial charge in [0.1, 0.15) is 22.2 Å². The maximum Gasteiger partial charge on any atom is 0.259 e. The number of nitrogens with one attached hydrogen (secondary N) is 1. The van der Waals surface area contributed by atoms with Crippen LogP contribution >= 0.6 is 11.3 Å². The average Bonchev–Trinajstić information content (AvgIpc) is 3.20. The molecule has 0 aliphatic heterocycles. The van der Waals surface area contributed by atoms with E-state index in [9.17, 15) is 4.79 Å². The van der Waals surface area contributed by atoms with Crippen LogP contribution in [0.2, 0.25) is 0 Å². The van der Waals surface area contributed by atoms with Gasteiger partial charge in [0.15, 0.2) is 0 Å². The number of para-hydroxylation sites is 2. The monoisotopic (exact) mass is 464 g/mol. The lowest BCUT2D eigenvalue weighted by atomic mass is 9.88. The summed E-state index contributed by atoms with van der Waals surface area (Å²) in [6, 6.07) is 13.0. The zero-order chi connectivity index (χ0) is 23.4. The van der Waals surface area contributed by atoms with Crippen molar-refractivity contribution in [2.75, 3.05) is 26.6 Å². The highest BCUT2D eigenvalue weighted by atomic mass is 32.1. The normalized spacial score (nSPS) is 15.2. The van der Waals surface area contributed by atoms with Gasteiger partial charge in [-0.2, -0.15) is 0 Å². The molecular weight excluding hydrogens is 436 g/mol. The molecule has 1 aromatic heterocycles. The minimum absolute atomic E-state index is 0.170. The smallest absolute Gasteiger partial charge is 0.259 e. The van der Waals surface area contributed by atoms with Crippen molar-refractivity contribution < 1.29 is 19.0 Å². The van der Waals surface area contributed by atoms with E-state index in [0.29, 0.717) is 39.4 Å². The molecule has 7 heteroatoms. The summed E-state index contributed by atoms with van der Waals surface area (Å²) in [5.41, 5.74) is 3.17. The highest BCUT2D eigenvalue weighted by Crippen LogP contribution is 2.42. The molecule has 172 valence electrons. The van der Waals surface area contributed by atoms with Crippen molar-refractivity contribution in [3.8, 4) is 17.2 Å². The van der Waals surface area contributed by atoms with Crippen molar-refractivity contribution >= 4 is 34.1 Å². The molecule has 1 heterocycles. The predicted octanol–water partition coefficient (Wildman–Crippen LogP) is 5.90. The summed E-state index contributed by atoms with van der Waals surface area (Å²) >= 11 is 1.60.